The minimum Gasteiger partial charge on any atom is -0.496 e. The molecular weight excluding hydrogens is 210 g/mol. The summed E-state index contributed by atoms with van der Waals surface area (Å²) >= 11 is 0. The molecule has 0 radical (unpaired) electrons. The van der Waals surface area contributed by atoms with Crippen molar-refractivity contribution in [2.24, 2.45) is 5.92 Å². The molecule has 0 aliphatic carbocycles. The molecule has 0 saturated heterocycles. The van der Waals surface area contributed by atoms with Gasteiger partial charge in [0, 0.05) is 6.04 Å². The zero-order valence-electron chi connectivity index (χ0n) is 11.7. The van der Waals surface area contributed by atoms with Gasteiger partial charge in [0.05, 0.1) is 7.11 Å². The molecule has 0 heterocycles. The molecule has 17 heavy (non-hydrogen) atoms. The molecule has 0 aliphatic rings. The first kappa shape index (κ1) is 14.0. The van der Waals surface area contributed by atoms with Crippen LogP contribution in [0.1, 0.15) is 44.4 Å². The van der Waals surface area contributed by atoms with E-state index in [0.717, 1.165) is 12.3 Å². The second-order valence-corrected chi connectivity index (χ2v) is 4.65. The summed E-state index contributed by atoms with van der Waals surface area (Å²) in [6.45, 7) is 9.75. The van der Waals surface area contributed by atoms with Crippen molar-refractivity contribution in [1.29, 1.82) is 0 Å². The molecule has 1 aromatic rings. The molecule has 1 N–H and O–H groups in total. The van der Waals surface area contributed by atoms with Crippen LogP contribution in [-0.4, -0.2) is 13.7 Å². The van der Waals surface area contributed by atoms with Crippen LogP contribution in [0.15, 0.2) is 18.2 Å². The zero-order valence-corrected chi connectivity index (χ0v) is 11.7. The molecule has 0 bridgehead atoms. The van der Waals surface area contributed by atoms with E-state index in [1.54, 1.807) is 7.11 Å². The average molecular weight is 235 g/mol. The molecule has 2 unspecified atom stereocenters. The van der Waals surface area contributed by atoms with Crippen molar-refractivity contribution in [3.63, 3.8) is 0 Å². The highest BCUT2D eigenvalue weighted by Gasteiger charge is 2.17. The molecule has 2 nitrogen and oxygen atoms in total. The smallest absolute Gasteiger partial charge is 0.122 e. The van der Waals surface area contributed by atoms with Crippen molar-refractivity contribution >= 4 is 0 Å². The SMILES string of the molecule is CCNC(c1ccc(C)c(OC)c1)C(C)CC. The predicted octanol–water partition coefficient (Wildman–Crippen LogP) is 3.70. The van der Waals surface area contributed by atoms with Crippen LogP contribution in [0.4, 0.5) is 0 Å². The summed E-state index contributed by atoms with van der Waals surface area (Å²) in [5.74, 6) is 1.61. The minimum atomic E-state index is 0.416. The van der Waals surface area contributed by atoms with E-state index in [1.807, 2.05) is 0 Å². The van der Waals surface area contributed by atoms with Crippen LogP contribution in [0.5, 0.6) is 5.75 Å². The van der Waals surface area contributed by atoms with Crippen LogP contribution in [-0.2, 0) is 0 Å². The Bertz CT molecular complexity index is 349. The summed E-state index contributed by atoms with van der Waals surface area (Å²) in [5, 5.41) is 3.56. The van der Waals surface area contributed by atoms with E-state index in [1.165, 1.54) is 17.5 Å². The van der Waals surface area contributed by atoms with E-state index in [4.69, 9.17) is 4.74 Å². The molecule has 96 valence electrons. The number of nitrogens with one attached hydrogen (secondary N) is 1. The van der Waals surface area contributed by atoms with Gasteiger partial charge in [0.1, 0.15) is 5.75 Å². The number of methoxy groups -OCH3 is 1. The monoisotopic (exact) mass is 235 g/mol. The number of hydrogen-bond acceptors (Lipinski definition) is 2. The van der Waals surface area contributed by atoms with Gasteiger partial charge in [-0.3, -0.25) is 0 Å². The molecular formula is C15H25NO. The summed E-state index contributed by atoms with van der Waals surface area (Å²) in [6.07, 6.45) is 1.17. The summed E-state index contributed by atoms with van der Waals surface area (Å²) in [6, 6.07) is 6.92. The minimum absolute atomic E-state index is 0.416. The number of hydrogen-bond donors (Lipinski definition) is 1. The fourth-order valence-corrected chi connectivity index (χ4v) is 2.13. The van der Waals surface area contributed by atoms with Crippen molar-refractivity contribution < 1.29 is 4.74 Å². The number of ether oxygens (including phenoxy) is 1. The number of aryl methyl sites for hydroxylation is 1. The predicted molar refractivity (Wildman–Crippen MR) is 73.6 cm³/mol. The maximum absolute atomic E-state index is 5.40. The lowest BCUT2D eigenvalue weighted by molar-refractivity contribution is 0.378. The molecule has 0 fully saturated rings. The van der Waals surface area contributed by atoms with E-state index in [9.17, 15) is 0 Å². The molecule has 0 spiro atoms. The fraction of sp³-hybridized carbons (Fsp3) is 0.600. The van der Waals surface area contributed by atoms with E-state index >= 15 is 0 Å². The highest BCUT2D eigenvalue weighted by molar-refractivity contribution is 5.38. The molecule has 0 aromatic heterocycles. The first-order chi connectivity index (χ1) is 8.13. The van der Waals surface area contributed by atoms with E-state index < -0.39 is 0 Å². The maximum Gasteiger partial charge on any atom is 0.122 e. The lowest BCUT2D eigenvalue weighted by atomic mass is 9.91. The van der Waals surface area contributed by atoms with E-state index in [2.05, 4.69) is 51.2 Å². The van der Waals surface area contributed by atoms with E-state index in [0.29, 0.717) is 12.0 Å². The van der Waals surface area contributed by atoms with Crippen molar-refractivity contribution in [3.8, 4) is 5.75 Å². The fourth-order valence-electron chi connectivity index (χ4n) is 2.13. The lowest BCUT2D eigenvalue weighted by Gasteiger charge is -2.25. The Kier molecular flexibility index (Phi) is 5.49. The van der Waals surface area contributed by atoms with Gasteiger partial charge in [-0.2, -0.15) is 0 Å². The summed E-state index contributed by atoms with van der Waals surface area (Å²) in [4.78, 5) is 0. The quantitative estimate of drug-likeness (QED) is 0.811. The molecule has 2 atom stereocenters. The molecule has 2 heteroatoms. The van der Waals surface area contributed by atoms with Gasteiger partial charge < -0.3 is 10.1 Å². The maximum atomic E-state index is 5.40. The molecule has 0 saturated carbocycles. The molecule has 0 aliphatic heterocycles. The Morgan fingerprint density at radius 1 is 1.29 bits per heavy atom. The van der Waals surface area contributed by atoms with Crippen LogP contribution in [0.3, 0.4) is 0 Å². The topological polar surface area (TPSA) is 21.3 Å². The van der Waals surface area contributed by atoms with Crippen LogP contribution in [0, 0.1) is 12.8 Å². The Balaban J connectivity index is 3.01. The third kappa shape index (κ3) is 3.47. The number of rotatable bonds is 6. The second-order valence-electron chi connectivity index (χ2n) is 4.65. The van der Waals surface area contributed by atoms with Crippen LogP contribution >= 0.6 is 0 Å². The van der Waals surface area contributed by atoms with Crippen LogP contribution in [0.2, 0.25) is 0 Å². The van der Waals surface area contributed by atoms with Crippen molar-refractivity contribution in [1.82, 2.24) is 5.32 Å². The van der Waals surface area contributed by atoms with Crippen LogP contribution in [0.25, 0.3) is 0 Å². The Hall–Kier alpha value is -1.02. The van der Waals surface area contributed by atoms with Gasteiger partial charge in [0.15, 0.2) is 0 Å². The van der Waals surface area contributed by atoms with Gasteiger partial charge in [-0.25, -0.2) is 0 Å². The Morgan fingerprint density at radius 2 is 2.00 bits per heavy atom. The Morgan fingerprint density at radius 3 is 2.53 bits per heavy atom. The van der Waals surface area contributed by atoms with Gasteiger partial charge in [-0.05, 0) is 36.6 Å². The first-order valence-corrected chi connectivity index (χ1v) is 6.51. The zero-order chi connectivity index (χ0) is 12.8. The van der Waals surface area contributed by atoms with Crippen molar-refractivity contribution in [3.05, 3.63) is 29.3 Å². The first-order valence-electron chi connectivity index (χ1n) is 6.51. The van der Waals surface area contributed by atoms with Crippen LogP contribution < -0.4 is 10.1 Å². The molecule has 1 aromatic carbocycles. The van der Waals surface area contributed by atoms with Gasteiger partial charge >= 0.3 is 0 Å². The summed E-state index contributed by atoms with van der Waals surface area (Å²) < 4.78 is 5.40. The molecule has 1 rings (SSSR count). The van der Waals surface area contributed by atoms with Gasteiger partial charge in [0.25, 0.3) is 0 Å². The second kappa shape index (κ2) is 6.65. The Labute approximate surface area is 105 Å². The highest BCUT2D eigenvalue weighted by Crippen LogP contribution is 2.28. The highest BCUT2D eigenvalue weighted by atomic mass is 16.5. The third-order valence-electron chi connectivity index (χ3n) is 3.43. The van der Waals surface area contributed by atoms with Gasteiger partial charge in [0.2, 0.25) is 0 Å². The van der Waals surface area contributed by atoms with Gasteiger partial charge in [-0.1, -0.05) is 39.3 Å². The van der Waals surface area contributed by atoms with E-state index in [-0.39, 0.29) is 0 Å². The molecule has 0 amide bonds. The average Bonchev–Trinajstić information content (AvgIpc) is 2.36. The largest absolute Gasteiger partial charge is 0.496 e. The van der Waals surface area contributed by atoms with Gasteiger partial charge in [-0.15, -0.1) is 0 Å². The van der Waals surface area contributed by atoms with Crippen molar-refractivity contribution in [2.75, 3.05) is 13.7 Å². The normalized spacial score (nSPS) is 14.4. The number of benzene rings is 1. The van der Waals surface area contributed by atoms with Crippen molar-refractivity contribution in [2.45, 2.75) is 40.2 Å². The third-order valence-corrected chi connectivity index (χ3v) is 3.43. The summed E-state index contributed by atoms with van der Waals surface area (Å²) in [5.41, 5.74) is 2.51. The lowest BCUT2D eigenvalue weighted by Crippen LogP contribution is -2.26. The standard InChI is InChI=1S/C15H25NO/c1-6-11(3)15(16-7-2)13-9-8-12(4)14(10-13)17-5/h8-11,15-16H,6-7H2,1-5H3. The summed E-state index contributed by atoms with van der Waals surface area (Å²) in [7, 11) is 1.73.